The van der Waals surface area contributed by atoms with E-state index in [0.29, 0.717) is 0 Å². The van der Waals surface area contributed by atoms with E-state index in [1.54, 1.807) is 20.8 Å². The lowest BCUT2D eigenvalue weighted by atomic mass is 9.87. The normalized spacial score (nSPS) is 13.5. The topological polar surface area (TPSA) is 92.4 Å². The van der Waals surface area contributed by atoms with Crippen LogP contribution in [0.5, 0.6) is 0 Å². The molecular formula is C8H16N2O3. The van der Waals surface area contributed by atoms with Gasteiger partial charge in [0.15, 0.2) is 0 Å². The monoisotopic (exact) mass is 188 g/mol. The fourth-order valence-electron chi connectivity index (χ4n) is 0.869. The van der Waals surface area contributed by atoms with Gasteiger partial charge in [-0.1, -0.05) is 20.8 Å². The zero-order chi connectivity index (χ0) is 10.6. The average molecular weight is 188 g/mol. The van der Waals surface area contributed by atoms with Crippen LogP contribution >= 0.6 is 0 Å². The zero-order valence-electron chi connectivity index (χ0n) is 8.13. The fraction of sp³-hybridized carbons (Fsp3) is 0.750. The Morgan fingerprint density at radius 2 is 1.92 bits per heavy atom. The van der Waals surface area contributed by atoms with Crippen molar-refractivity contribution < 1.29 is 14.7 Å². The SMILES string of the molecule is CC(C)(C)[C@@H](NC(=O)CN)C(=O)O. The van der Waals surface area contributed by atoms with Crippen molar-refractivity contribution in [3.8, 4) is 0 Å². The summed E-state index contributed by atoms with van der Waals surface area (Å²) in [5, 5.41) is 11.1. The molecule has 0 saturated heterocycles. The maximum Gasteiger partial charge on any atom is 0.326 e. The van der Waals surface area contributed by atoms with Crippen LogP contribution in [-0.2, 0) is 9.59 Å². The summed E-state index contributed by atoms with van der Waals surface area (Å²) in [4.78, 5) is 21.6. The Labute approximate surface area is 77.3 Å². The second-order valence-electron chi connectivity index (χ2n) is 3.91. The molecule has 0 aromatic carbocycles. The summed E-state index contributed by atoms with van der Waals surface area (Å²) in [6, 6.07) is -0.899. The lowest BCUT2D eigenvalue weighted by Crippen LogP contribution is -2.50. The first-order valence-corrected chi connectivity index (χ1v) is 4.01. The quantitative estimate of drug-likeness (QED) is 0.560. The highest BCUT2D eigenvalue weighted by Crippen LogP contribution is 2.19. The third-order valence-corrected chi connectivity index (χ3v) is 1.60. The first kappa shape index (κ1) is 11.9. The lowest BCUT2D eigenvalue weighted by molar-refractivity contribution is -0.144. The molecule has 0 saturated carbocycles. The Kier molecular flexibility index (Phi) is 3.87. The van der Waals surface area contributed by atoms with Crippen LogP contribution in [-0.4, -0.2) is 29.6 Å². The van der Waals surface area contributed by atoms with Gasteiger partial charge in [0.25, 0.3) is 0 Å². The number of nitrogens with two attached hydrogens (primary N) is 1. The molecular weight excluding hydrogens is 172 g/mol. The van der Waals surface area contributed by atoms with Crippen LogP contribution in [0.15, 0.2) is 0 Å². The Bertz CT molecular complexity index is 208. The number of carboxylic acid groups (broad SMARTS) is 1. The number of nitrogens with one attached hydrogen (secondary N) is 1. The second kappa shape index (κ2) is 4.23. The minimum Gasteiger partial charge on any atom is -0.480 e. The molecule has 5 heteroatoms. The number of hydrogen-bond donors (Lipinski definition) is 3. The second-order valence-corrected chi connectivity index (χ2v) is 3.91. The number of carboxylic acids is 1. The molecule has 13 heavy (non-hydrogen) atoms. The lowest BCUT2D eigenvalue weighted by Gasteiger charge is -2.27. The summed E-state index contributed by atoms with van der Waals surface area (Å²) in [5.74, 6) is -1.50. The van der Waals surface area contributed by atoms with Crippen molar-refractivity contribution in [3.05, 3.63) is 0 Å². The number of carbonyl (C=O) groups is 2. The molecule has 0 aromatic heterocycles. The van der Waals surface area contributed by atoms with E-state index in [2.05, 4.69) is 5.32 Å². The van der Waals surface area contributed by atoms with Crippen LogP contribution in [0.25, 0.3) is 0 Å². The van der Waals surface area contributed by atoms with Crippen molar-refractivity contribution in [1.29, 1.82) is 0 Å². The number of hydrogen-bond acceptors (Lipinski definition) is 3. The Morgan fingerprint density at radius 1 is 1.46 bits per heavy atom. The minimum atomic E-state index is -1.05. The van der Waals surface area contributed by atoms with E-state index in [9.17, 15) is 9.59 Å². The molecule has 0 unspecified atom stereocenters. The Balaban J connectivity index is 4.46. The molecule has 0 aliphatic carbocycles. The molecule has 0 aliphatic rings. The van der Waals surface area contributed by atoms with Gasteiger partial charge in [-0.2, -0.15) is 0 Å². The molecule has 0 spiro atoms. The number of aliphatic carboxylic acids is 1. The van der Waals surface area contributed by atoms with Gasteiger partial charge in [-0.3, -0.25) is 4.79 Å². The van der Waals surface area contributed by atoms with Gasteiger partial charge < -0.3 is 16.2 Å². The van der Waals surface area contributed by atoms with Gasteiger partial charge in [-0.25, -0.2) is 4.79 Å². The van der Waals surface area contributed by atoms with Gasteiger partial charge in [-0.05, 0) is 5.41 Å². The van der Waals surface area contributed by atoms with E-state index < -0.39 is 23.3 Å². The van der Waals surface area contributed by atoms with Crippen LogP contribution in [0, 0.1) is 5.41 Å². The molecule has 0 aromatic rings. The molecule has 0 heterocycles. The highest BCUT2D eigenvalue weighted by Gasteiger charge is 2.32. The summed E-state index contributed by atoms with van der Waals surface area (Å²) >= 11 is 0. The highest BCUT2D eigenvalue weighted by molar-refractivity contribution is 5.85. The van der Waals surface area contributed by atoms with E-state index in [4.69, 9.17) is 10.8 Å². The molecule has 0 bridgehead atoms. The molecule has 0 rings (SSSR count). The van der Waals surface area contributed by atoms with Crippen molar-refractivity contribution in [1.82, 2.24) is 5.32 Å². The van der Waals surface area contributed by atoms with Crippen molar-refractivity contribution >= 4 is 11.9 Å². The maximum absolute atomic E-state index is 10.9. The smallest absolute Gasteiger partial charge is 0.326 e. The van der Waals surface area contributed by atoms with Gasteiger partial charge in [0.2, 0.25) is 5.91 Å². The average Bonchev–Trinajstić information content (AvgIpc) is 1.96. The highest BCUT2D eigenvalue weighted by atomic mass is 16.4. The molecule has 4 N–H and O–H groups in total. The maximum atomic E-state index is 10.9. The molecule has 1 amide bonds. The third-order valence-electron chi connectivity index (χ3n) is 1.60. The van der Waals surface area contributed by atoms with Gasteiger partial charge in [0.1, 0.15) is 6.04 Å². The van der Waals surface area contributed by atoms with E-state index in [1.807, 2.05) is 0 Å². The van der Waals surface area contributed by atoms with Gasteiger partial charge in [0.05, 0.1) is 6.54 Å². The minimum absolute atomic E-state index is 0.195. The molecule has 76 valence electrons. The molecule has 1 atom stereocenters. The van der Waals surface area contributed by atoms with Crippen molar-refractivity contribution in [2.45, 2.75) is 26.8 Å². The molecule has 0 fully saturated rings. The van der Waals surface area contributed by atoms with Gasteiger partial charge in [0, 0.05) is 0 Å². The van der Waals surface area contributed by atoms with Crippen LogP contribution in [0.3, 0.4) is 0 Å². The molecule has 0 radical (unpaired) electrons. The number of carbonyl (C=O) groups excluding carboxylic acids is 1. The summed E-state index contributed by atoms with van der Waals surface area (Å²) in [5.41, 5.74) is 4.54. The number of amides is 1. The molecule has 5 nitrogen and oxygen atoms in total. The van der Waals surface area contributed by atoms with Gasteiger partial charge >= 0.3 is 5.97 Å². The predicted molar refractivity (Wildman–Crippen MR) is 48.1 cm³/mol. The van der Waals surface area contributed by atoms with Crippen LogP contribution in [0.1, 0.15) is 20.8 Å². The number of rotatable bonds is 3. The summed E-state index contributed by atoms with van der Waals surface area (Å²) < 4.78 is 0. The van der Waals surface area contributed by atoms with Gasteiger partial charge in [-0.15, -0.1) is 0 Å². The van der Waals surface area contributed by atoms with E-state index in [1.165, 1.54) is 0 Å². The summed E-state index contributed by atoms with van der Waals surface area (Å²) in [6.07, 6.45) is 0. The van der Waals surface area contributed by atoms with Crippen molar-refractivity contribution in [2.75, 3.05) is 6.54 Å². The van der Waals surface area contributed by atoms with E-state index in [-0.39, 0.29) is 6.54 Å². The third kappa shape index (κ3) is 3.89. The standard InChI is InChI=1S/C8H16N2O3/c1-8(2,3)6(7(12)13)10-5(11)4-9/h6H,4,9H2,1-3H3,(H,10,11)(H,12,13)/t6-/m0/s1. The fourth-order valence-corrected chi connectivity index (χ4v) is 0.869. The zero-order valence-corrected chi connectivity index (χ0v) is 8.13. The van der Waals surface area contributed by atoms with Crippen LogP contribution in [0.4, 0.5) is 0 Å². The van der Waals surface area contributed by atoms with Crippen LogP contribution in [0.2, 0.25) is 0 Å². The molecule has 0 aliphatic heterocycles. The first-order valence-electron chi connectivity index (χ1n) is 4.01. The van der Waals surface area contributed by atoms with Crippen molar-refractivity contribution in [3.63, 3.8) is 0 Å². The first-order chi connectivity index (χ1) is 5.79. The summed E-state index contributed by atoms with van der Waals surface area (Å²) in [6.45, 7) is 5.02. The van der Waals surface area contributed by atoms with Crippen molar-refractivity contribution in [2.24, 2.45) is 11.1 Å². The Hall–Kier alpha value is -1.10. The van der Waals surface area contributed by atoms with Crippen LogP contribution < -0.4 is 11.1 Å². The largest absolute Gasteiger partial charge is 0.480 e. The van der Waals surface area contributed by atoms with E-state index in [0.717, 1.165) is 0 Å². The predicted octanol–water partition coefficient (Wildman–Crippen LogP) is -0.439. The van der Waals surface area contributed by atoms with E-state index >= 15 is 0 Å². The Morgan fingerprint density at radius 3 is 2.15 bits per heavy atom. The summed E-state index contributed by atoms with van der Waals surface area (Å²) in [7, 11) is 0.